The number of hydrogen-bond acceptors (Lipinski definition) is 5. The molecule has 7 heteroatoms. The van der Waals surface area contributed by atoms with Gasteiger partial charge in [0.15, 0.2) is 0 Å². The van der Waals surface area contributed by atoms with Crippen molar-refractivity contribution >= 4 is 17.5 Å². The molecule has 3 aromatic rings. The van der Waals surface area contributed by atoms with Gasteiger partial charge in [-0.25, -0.2) is 0 Å². The van der Waals surface area contributed by atoms with Crippen LogP contribution < -0.4 is 19.7 Å². The molecule has 0 aromatic heterocycles. The third-order valence-electron chi connectivity index (χ3n) is 8.13. The molecule has 1 saturated heterocycles. The van der Waals surface area contributed by atoms with Crippen LogP contribution in [-0.4, -0.2) is 55.1 Å². The summed E-state index contributed by atoms with van der Waals surface area (Å²) >= 11 is 0. The second-order valence-corrected chi connectivity index (χ2v) is 11.4. The number of benzene rings is 3. The number of piperazine rings is 1. The molecule has 0 radical (unpaired) electrons. The number of nitrogens with zero attached hydrogens (tertiary/aromatic N) is 2. The third-order valence-corrected chi connectivity index (χ3v) is 8.13. The average molecular weight is 556 g/mol. The first-order chi connectivity index (χ1) is 19.7. The first-order valence-corrected chi connectivity index (χ1v) is 14.5. The summed E-state index contributed by atoms with van der Waals surface area (Å²) in [6.07, 6.45) is 2.01. The Hall–Kier alpha value is -3.84. The molecule has 7 nitrogen and oxygen atoms in total. The zero-order valence-electron chi connectivity index (χ0n) is 24.8. The van der Waals surface area contributed by atoms with Crippen molar-refractivity contribution in [1.82, 2.24) is 10.2 Å². The van der Waals surface area contributed by atoms with Gasteiger partial charge in [-0.1, -0.05) is 35.9 Å². The maximum atomic E-state index is 14.0. The van der Waals surface area contributed by atoms with E-state index in [1.807, 2.05) is 35.2 Å². The van der Waals surface area contributed by atoms with Crippen LogP contribution in [0.3, 0.4) is 0 Å². The van der Waals surface area contributed by atoms with E-state index in [-0.39, 0.29) is 24.4 Å². The summed E-state index contributed by atoms with van der Waals surface area (Å²) in [5, 5.41) is 3.16. The van der Waals surface area contributed by atoms with E-state index in [0.29, 0.717) is 37.7 Å². The number of nitrogens with one attached hydrogen (secondary N) is 1. The largest absolute Gasteiger partial charge is 0.490 e. The van der Waals surface area contributed by atoms with Crippen molar-refractivity contribution in [3.05, 3.63) is 88.0 Å². The lowest BCUT2D eigenvalue weighted by atomic mass is 10.0. The molecule has 2 amide bonds. The van der Waals surface area contributed by atoms with Gasteiger partial charge >= 0.3 is 0 Å². The van der Waals surface area contributed by atoms with Crippen molar-refractivity contribution in [2.45, 2.75) is 66.1 Å². The smallest absolute Gasteiger partial charge is 0.247 e. The molecule has 1 N–H and O–H groups in total. The number of ether oxygens (including phenoxy) is 2. The molecule has 1 heterocycles. The molecule has 0 spiro atoms. The van der Waals surface area contributed by atoms with Crippen LogP contribution in [0.15, 0.2) is 54.6 Å². The predicted molar refractivity (Wildman–Crippen MR) is 162 cm³/mol. The summed E-state index contributed by atoms with van der Waals surface area (Å²) in [5.74, 6) is 1.48. The Morgan fingerprint density at radius 1 is 0.927 bits per heavy atom. The molecule has 1 aliphatic carbocycles. The number of aryl methyl sites for hydroxylation is 4. The molecular formula is C34H41N3O4. The van der Waals surface area contributed by atoms with Gasteiger partial charge in [0.1, 0.15) is 30.8 Å². The van der Waals surface area contributed by atoms with Gasteiger partial charge in [0, 0.05) is 24.8 Å². The van der Waals surface area contributed by atoms with Crippen LogP contribution in [-0.2, 0) is 16.1 Å². The van der Waals surface area contributed by atoms with Crippen LogP contribution in [0.25, 0.3) is 0 Å². The van der Waals surface area contributed by atoms with Crippen LogP contribution in [0.1, 0.15) is 46.2 Å². The summed E-state index contributed by atoms with van der Waals surface area (Å²) in [6.45, 7) is 12.4. The van der Waals surface area contributed by atoms with Crippen LogP contribution >= 0.6 is 0 Å². The zero-order valence-corrected chi connectivity index (χ0v) is 24.8. The highest BCUT2D eigenvalue weighted by Crippen LogP contribution is 2.32. The molecule has 0 bridgehead atoms. The Morgan fingerprint density at radius 3 is 2.29 bits per heavy atom. The standard InChI is InChI=1S/C34H41N3O4/c1-22-17-24(3)33(25(4)18-22)41-16-15-40-30-13-11-29(12-14-30)37-31(19-35-20-32(37)38)34(39)36(28-9-10-28)21-27-8-6-7-23(2)26(27)5/h6-8,11-14,17-18,28,31,35H,9-10,15-16,19-21H2,1-5H3. The quantitative estimate of drug-likeness (QED) is 0.349. The summed E-state index contributed by atoms with van der Waals surface area (Å²) < 4.78 is 11.9. The molecular weight excluding hydrogens is 514 g/mol. The molecule has 1 atom stereocenters. The minimum atomic E-state index is -0.594. The summed E-state index contributed by atoms with van der Waals surface area (Å²) in [5.41, 5.74) is 7.74. The molecule has 41 heavy (non-hydrogen) atoms. The fraction of sp³-hybridized carbons (Fsp3) is 0.412. The SMILES string of the molecule is Cc1cc(C)c(OCCOc2ccc(N3C(=O)CNCC3C(=O)N(Cc3cccc(C)c3C)C3CC3)cc2)c(C)c1. The van der Waals surface area contributed by atoms with Gasteiger partial charge in [-0.15, -0.1) is 0 Å². The summed E-state index contributed by atoms with van der Waals surface area (Å²) in [6, 6.07) is 17.5. The number of carbonyl (C=O) groups excluding carboxylic acids is 2. The number of amides is 2. The molecule has 2 fully saturated rings. The van der Waals surface area contributed by atoms with Crippen molar-refractivity contribution < 1.29 is 19.1 Å². The predicted octanol–water partition coefficient (Wildman–Crippen LogP) is 5.18. The molecule has 3 aromatic carbocycles. The lowest BCUT2D eigenvalue weighted by Gasteiger charge is -2.38. The zero-order chi connectivity index (χ0) is 29.1. The van der Waals surface area contributed by atoms with Gasteiger partial charge in [0.05, 0.1) is 6.54 Å². The summed E-state index contributed by atoms with van der Waals surface area (Å²) in [7, 11) is 0. The Balaban J connectivity index is 1.25. The lowest BCUT2D eigenvalue weighted by Crippen LogP contribution is -2.61. The van der Waals surface area contributed by atoms with Crippen LogP contribution in [0.2, 0.25) is 0 Å². The van der Waals surface area contributed by atoms with Gasteiger partial charge in [-0.2, -0.15) is 0 Å². The molecule has 2 aliphatic rings. The van der Waals surface area contributed by atoms with E-state index in [2.05, 4.69) is 64.2 Å². The fourth-order valence-corrected chi connectivity index (χ4v) is 5.72. The van der Waals surface area contributed by atoms with E-state index in [4.69, 9.17) is 9.47 Å². The van der Waals surface area contributed by atoms with E-state index < -0.39 is 6.04 Å². The molecule has 216 valence electrons. The van der Waals surface area contributed by atoms with Crippen LogP contribution in [0.5, 0.6) is 11.5 Å². The second kappa shape index (κ2) is 12.4. The maximum Gasteiger partial charge on any atom is 0.247 e. The minimum absolute atomic E-state index is 0.00637. The lowest BCUT2D eigenvalue weighted by molar-refractivity contribution is -0.136. The molecule has 1 saturated carbocycles. The van der Waals surface area contributed by atoms with Crippen molar-refractivity contribution in [3.8, 4) is 11.5 Å². The Labute approximate surface area is 243 Å². The second-order valence-electron chi connectivity index (χ2n) is 11.4. The minimum Gasteiger partial charge on any atom is -0.490 e. The number of anilines is 1. The molecule has 1 aliphatic heterocycles. The van der Waals surface area contributed by atoms with E-state index in [1.54, 1.807) is 4.90 Å². The van der Waals surface area contributed by atoms with E-state index in [9.17, 15) is 9.59 Å². The van der Waals surface area contributed by atoms with Crippen molar-refractivity contribution in [3.63, 3.8) is 0 Å². The number of carbonyl (C=O) groups is 2. The normalized spacial score (nSPS) is 17.0. The average Bonchev–Trinajstić information content (AvgIpc) is 3.78. The van der Waals surface area contributed by atoms with E-state index >= 15 is 0 Å². The van der Waals surface area contributed by atoms with Crippen molar-refractivity contribution in [1.29, 1.82) is 0 Å². The number of hydrogen-bond donors (Lipinski definition) is 1. The van der Waals surface area contributed by atoms with Gasteiger partial charge in [0.2, 0.25) is 11.8 Å². The van der Waals surface area contributed by atoms with Gasteiger partial charge in [-0.05, 0) is 99.5 Å². The van der Waals surface area contributed by atoms with Crippen LogP contribution in [0, 0.1) is 34.6 Å². The van der Waals surface area contributed by atoms with Gasteiger partial charge in [-0.3, -0.25) is 14.5 Å². The first kappa shape index (κ1) is 28.7. The van der Waals surface area contributed by atoms with Crippen LogP contribution in [0.4, 0.5) is 5.69 Å². The van der Waals surface area contributed by atoms with Crippen molar-refractivity contribution in [2.75, 3.05) is 31.2 Å². The van der Waals surface area contributed by atoms with Gasteiger partial charge in [0.25, 0.3) is 0 Å². The van der Waals surface area contributed by atoms with Gasteiger partial charge < -0.3 is 19.7 Å². The highest BCUT2D eigenvalue weighted by molar-refractivity contribution is 6.03. The maximum absolute atomic E-state index is 14.0. The third kappa shape index (κ3) is 6.57. The van der Waals surface area contributed by atoms with E-state index in [1.165, 1.54) is 16.7 Å². The molecule has 5 rings (SSSR count). The summed E-state index contributed by atoms with van der Waals surface area (Å²) in [4.78, 5) is 30.8. The Kier molecular flexibility index (Phi) is 8.64. The topological polar surface area (TPSA) is 71.1 Å². The van der Waals surface area contributed by atoms with E-state index in [0.717, 1.165) is 35.3 Å². The highest BCUT2D eigenvalue weighted by Gasteiger charge is 2.41. The number of rotatable bonds is 10. The highest BCUT2D eigenvalue weighted by atomic mass is 16.5. The molecule has 1 unspecified atom stereocenters. The first-order valence-electron chi connectivity index (χ1n) is 14.5. The fourth-order valence-electron chi connectivity index (χ4n) is 5.72. The Bertz CT molecular complexity index is 1390. The monoisotopic (exact) mass is 555 g/mol. The Morgan fingerprint density at radius 2 is 1.61 bits per heavy atom. The van der Waals surface area contributed by atoms with Crippen molar-refractivity contribution in [2.24, 2.45) is 0 Å².